The Balaban J connectivity index is 0. The van der Waals surface area contributed by atoms with Gasteiger partial charge in [-0.1, -0.05) is 19.8 Å². The van der Waals surface area contributed by atoms with E-state index in [0.29, 0.717) is 6.04 Å². The van der Waals surface area contributed by atoms with Crippen LogP contribution >= 0.6 is 0 Å². The van der Waals surface area contributed by atoms with Gasteiger partial charge in [-0.15, -0.1) is 6.04 Å². The molecular weight excluding hydrogens is 184 g/mol. The monoisotopic (exact) mass is 199 g/mol. The number of nitrogens with zero attached hydrogens (tertiary/aromatic N) is 1. The van der Waals surface area contributed by atoms with Crippen molar-refractivity contribution in [3.63, 3.8) is 0 Å². The van der Waals surface area contributed by atoms with Crippen molar-refractivity contribution in [2.24, 2.45) is 0 Å². The van der Waals surface area contributed by atoms with Crippen molar-refractivity contribution in [3.05, 3.63) is 6.92 Å². The van der Waals surface area contributed by atoms with Crippen LogP contribution < -0.4 is 58.2 Å². The van der Waals surface area contributed by atoms with E-state index in [9.17, 15) is 0 Å². The maximum Gasteiger partial charge on any atom is 1.00 e. The normalized spacial score (nSPS) is 13.0. The molecule has 0 radical (unpaired) electrons. The molecule has 0 fully saturated rings. The fraction of sp³-hybridized carbons (Fsp3) is 0.857. The predicted octanol–water partition coefficient (Wildman–Crippen LogP) is -1.45. The van der Waals surface area contributed by atoms with Gasteiger partial charge in [0.1, 0.15) is 0 Å². The van der Waals surface area contributed by atoms with Gasteiger partial charge in [0.2, 0.25) is 0 Å². The van der Waals surface area contributed by atoms with Crippen LogP contribution in [0.5, 0.6) is 0 Å². The van der Waals surface area contributed by atoms with Crippen molar-refractivity contribution in [1.82, 2.24) is 4.90 Å². The van der Waals surface area contributed by atoms with Gasteiger partial charge in [-0.25, -0.2) is 0 Å². The van der Waals surface area contributed by atoms with Crippen molar-refractivity contribution in [2.75, 3.05) is 14.1 Å². The van der Waals surface area contributed by atoms with Crippen LogP contribution in [0.25, 0.3) is 0 Å². The van der Waals surface area contributed by atoms with E-state index in [2.05, 4.69) is 32.8 Å². The Morgan fingerprint density at radius 2 is 1.89 bits per heavy atom. The molecule has 1 unspecified atom stereocenters. The molecule has 0 aromatic rings. The molecule has 0 aromatic carbocycles. The van der Waals surface area contributed by atoms with Crippen molar-refractivity contribution in [3.8, 4) is 0 Å². The average molecular weight is 200 g/mol. The van der Waals surface area contributed by atoms with Gasteiger partial charge < -0.3 is 11.8 Å². The summed E-state index contributed by atoms with van der Waals surface area (Å²) in [6.07, 6.45) is 2.43. The van der Waals surface area contributed by atoms with Gasteiger partial charge >= 0.3 is 58.2 Å². The van der Waals surface area contributed by atoms with Gasteiger partial charge in [-0.05, 0) is 14.1 Å². The summed E-state index contributed by atoms with van der Waals surface area (Å²) in [4.78, 5) is 2.14. The van der Waals surface area contributed by atoms with Crippen LogP contribution in [-0.4, -0.2) is 25.0 Å². The van der Waals surface area contributed by atoms with E-state index >= 15 is 0 Å². The van der Waals surface area contributed by atoms with Crippen LogP contribution in [0.15, 0.2) is 0 Å². The van der Waals surface area contributed by atoms with Crippen LogP contribution in [0.2, 0.25) is 0 Å². The molecule has 0 saturated carbocycles. The molecule has 2 heteroatoms. The summed E-state index contributed by atoms with van der Waals surface area (Å²) in [6, 6.07) is 0.500. The van der Waals surface area contributed by atoms with E-state index in [0.717, 1.165) is 0 Å². The Morgan fingerprint density at radius 1 is 1.44 bits per heavy atom. The molecule has 0 saturated heterocycles. The number of hydrogen-bond acceptors (Lipinski definition) is 1. The first kappa shape index (κ1) is 13.4. The Bertz CT molecular complexity index is 54.9. The summed E-state index contributed by atoms with van der Waals surface area (Å²) in [5, 5.41) is 0. The van der Waals surface area contributed by atoms with E-state index in [-0.39, 0.29) is 58.2 Å². The summed E-state index contributed by atoms with van der Waals surface area (Å²) < 4.78 is 0. The van der Waals surface area contributed by atoms with Gasteiger partial charge in [-0.2, -0.15) is 0 Å². The standard InChI is InChI=1S/C7H16N.Rb/c1-5-6-7(2)8(3)4;/h7H,2,5-6H2,1,3-4H3;/q-1;+1. The van der Waals surface area contributed by atoms with Crippen molar-refractivity contribution in [1.29, 1.82) is 0 Å². The summed E-state index contributed by atoms with van der Waals surface area (Å²) in [6.45, 7) is 6.14. The zero-order valence-corrected chi connectivity index (χ0v) is 12.1. The first-order valence-corrected chi connectivity index (χ1v) is 3.18. The third kappa shape index (κ3) is 7.66. The molecule has 0 amide bonds. The minimum absolute atomic E-state index is 0. The quantitative estimate of drug-likeness (QED) is 0.503. The molecule has 0 aromatic heterocycles. The van der Waals surface area contributed by atoms with E-state index in [1.54, 1.807) is 0 Å². The molecule has 0 aliphatic heterocycles. The first-order valence-electron chi connectivity index (χ1n) is 3.18. The van der Waals surface area contributed by atoms with Crippen LogP contribution in [0.1, 0.15) is 19.8 Å². The molecule has 1 nitrogen and oxygen atoms in total. The fourth-order valence-electron chi connectivity index (χ4n) is 0.591. The fourth-order valence-corrected chi connectivity index (χ4v) is 0.591. The van der Waals surface area contributed by atoms with Crippen LogP contribution in [0.4, 0.5) is 0 Å². The van der Waals surface area contributed by atoms with Gasteiger partial charge in [0.25, 0.3) is 0 Å². The summed E-state index contributed by atoms with van der Waals surface area (Å²) in [5.41, 5.74) is 0. The third-order valence-electron chi connectivity index (χ3n) is 1.35. The Morgan fingerprint density at radius 3 is 2.00 bits per heavy atom. The molecule has 0 aliphatic rings. The Hall–Kier alpha value is 1.77. The Labute approximate surface area is 108 Å². The molecular formula is C7H16NRb. The molecule has 0 heterocycles. The van der Waals surface area contributed by atoms with E-state index < -0.39 is 0 Å². The Kier molecular flexibility index (Phi) is 11.7. The second-order valence-corrected chi connectivity index (χ2v) is 2.41. The maximum absolute atomic E-state index is 3.95. The minimum Gasteiger partial charge on any atom is -0.336 e. The predicted molar refractivity (Wildman–Crippen MR) is 37.7 cm³/mol. The first-order chi connectivity index (χ1) is 3.68. The van der Waals surface area contributed by atoms with Crippen LogP contribution in [-0.2, 0) is 0 Å². The number of hydrogen-bond donors (Lipinski definition) is 0. The zero-order chi connectivity index (χ0) is 6.57. The summed E-state index contributed by atoms with van der Waals surface area (Å²) in [5.74, 6) is 0. The molecule has 0 bridgehead atoms. The SMILES string of the molecule is [CH2-]C(CCC)N(C)C.[Rb+]. The molecule has 50 valence electrons. The van der Waals surface area contributed by atoms with Crippen molar-refractivity contribution in [2.45, 2.75) is 25.8 Å². The molecule has 1 atom stereocenters. The smallest absolute Gasteiger partial charge is 0.336 e. The van der Waals surface area contributed by atoms with E-state index in [1.807, 2.05) is 0 Å². The van der Waals surface area contributed by atoms with Gasteiger partial charge in [-0.3, -0.25) is 0 Å². The second-order valence-electron chi connectivity index (χ2n) is 2.41. The summed E-state index contributed by atoms with van der Waals surface area (Å²) >= 11 is 0. The largest absolute Gasteiger partial charge is 1.00 e. The number of rotatable bonds is 3. The van der Waals surface area contributed by atoms with Gasteiger partial charge in [0.15, 0.2) is 0 Å². The molecule has 0 aliphatic carbocycles. The van der Waals surface area contributed by atoms with Crippen molar-refractivity contribution < 1.29 is 58.2 Å². The van der Waals surface area contributed by atoms with Crippen LogP contribution in [0.3, 0.4) is 0 Å². The van der Waals surface area contributed by atoms with Gasteiger partial charge in [0, 0.05) is 0 Å². The maximum atomic E-state index is 3.95. The summed E-state index contributed by atoms with van der Waals surface area (Å²) in [7, 11) is 4.13. The van der Waals surface area contributed by atoms with Gasteiger partial charge in [0.05, 0.1) is 0 Å². The third-order valence-corrected chi connectivity index (χ3v) is 1.35. The molecule has 0 N–H and O–H groups in total. The minimum atomic E-state index is 0. The molecule has 0 spiro atoms. The zero-order valence-electron chi connectivity index (χ0n) is 7.15. The van der Waals surface area contributed by atoms with Crippen molar-refractivity contribution >= 4 is 0 Å². The topological polar surface area (TPSA) is 3.24 Å². The molecule has 9 heavy (non-hydrogen) atoms. The van der Waals surface area contributed by atoms with E-state index in [4.69, 9.17) is 0 Å². The average Bonchev–Trinajstić information content (AvgIpc) is 1.67. The second kappa shape index (κ2) is 7.87. The van der Waals surface area contributed by atoms with E-state index in [1.165, 1.54) is 12.8 Å². The molecule has 0 rings (SSSR count). The van der Waals surface area contributed by atoms with Crippen LogP contribution in [0, 0.1) is 6.92 Å².